The van der Waals surface area contributed by atoms with Gasteiger partial charge in [-0.15, -0.1) is 0 Å². The van der Waals surface area contributed by atoms with Crippen molar-refractivity contribution in [2.75, 3.05) is 13.1 Å². The Labute approximate surface area is 172 Å². The lowest BCUT2D eigenvalue weighted by molar-refractivity contribution is 0.0533. The summed E-state index contributed by atoms with van der Waals surface area (Å²) in [5, 5.41) is 4.79. The lowest BCUT2D eigenvalue weighted by Gasteiger charge is -2.42. The van der Waals surface area contributed by atoms with Crippen LogP contribution in [-0.4, -0.2) is 39.7 Å². The normalized spacial score (nSPS) is 18.6. The van der Waals surface area contributed by atoms with Gasteiger partial charge in [0, 0.05) is 30.9 Å². The maximum Gasteiger partial charge on any atom is 0.257 e. The molecule has 150 valence electrons. The van der Waals surface area contributed by atoms with Gasteiger partial charge in [-0.2, -0.15) is 5.10 Å². The van der Waals surface area contributed by atoms with Crippen LogP contribution in [0.25, 0.3) is 16.9 Å². The smallest absolute Gasteiger partial charge is 0.257 e. The Hall–Kier alpha value is -2.92. The molecule has 0 bridgehead atoms. The third kappa shape index (κ3) is 3.83. The molecule has 1 aliphatic heterocycles. The van der Waals surface area contributed by atoms with Gasteiger partial charge in [-0.1, -0.05) is 61.9 Å². The maximum atomic E-state index is 13.5. The van der Waals surface area contributed by atoms with E-state index in [-0.39, 0.29) is 17.4 Å². The first-order valence-corrected chi connectivity index (χ1v) is 10.1. The van der Waals surface area contributed by atoms with Crippen molar-refractivity contribution in [2.24, 2.45) is 11.1 Å². The zero-order chi connectivity index (χ0) is 20.6. The van der Waals surface area contributed by atoms with Crippen LogP contribution in [0.2, 0.25) is 0 Å². The van der Waals surface area contributed by atoms with E-state index < -0.39 is 0 Å². The van der Waals surface area contributed by atoms with Gasteiger partial charge < -0.3 is 10.6 Å². The van der Waals surface area contributed by atoms with Crippen LogP contribution >= 0.6 is 0 Å². The van der Waals surface area contributed by atoms with Crippen molar-refractivity contribution in [3.8, 4) is 16.9 Å². The number of likely N-dealkylation sites (tertiary alicyclic amines) is 1. The first-order chi connectivity index (χ1) is 13.8. The number of carbonyl (C=O) groups excluding carboxylic acids is 1. The summed E-state index contributed by atoms with van der Waals surface area (Å²) in [6, 6.07) is 18.2. The van der Waals surface area contributed by atoms with Crippen LogP contribution in [0.15, 0.2) is 60.8 Å². The van der Waals surface area contributed by atoms with Crippen molar-refractivity contribution in [1.82, 2.24) is 14.7 Å². The molecule has 3 aromatic rings. The van der Waals surface area contributed by atoms with Gasteiger partial charge in [0.1, 0.15) is 5.69 Å². The predicted octanol–water partition coefficient (Wildman–Crippen LogP) is 4.05. The van der Waals surface area contributed by atoms with Crippen molar-refractivity contribution in [1.29, 1.82) is 0 Å². The van der Waals surface area contributed by atoms with E-state index in [0.29, 0.717) is 24.3 Å². The average molecular weight is 389 g/mol. The quantitative estimate of drug-likeness (QED) is 0.736. The number of carbonyl (C=O) groups is 1. The second-order valence-electron chi connectivity index (χ2n) is 8.65. The standard InChI is InChI=1S/C24H28N4O/c1-17-9-11-19(12-10-17)28-15-20(22(26-28)18-7-5-4-6-8-18)23(29)27-14-13-21(25)24(2,3)16-27/h4-12,15,21H,13-14,16,25H2,1-3H3. The van der Waals surface area contributed by atoms with Crippen molar-refractivity contribution in [3.63, 3.8) is 0 Å². The first kappa shape index (κ1) is 19.4. The van der Waals surface area contributed by atoms with Crippen LogP contribution in [0, 0.1) is 12.3 Å². The van der Waals surface area contributed by atoms with Gasteiger partial charge in [0.15, 0.2) is 0 Å². The highest BCUT2D eigenvalue weighted by atomic mass is 16.2. The summed E-state index contributed by atoms with van der Waals surface area (Å²) < 4.78 is 1.80. The van der Waals surface area contributed by atoms with E-state index in [4.69, 9.17) is 10.8 Å². The zero-order valence-electron chi connectivity index (χ0n) is 17.3. The summed E-state index contributed by atoms with van der Waals surface area (Å²) in [6.07, 6.45) is 2.67. The minimum Gasteiger partial charge on any atom is -0.338 e. The van der Waals surface area contributed by atoms with E-state index in [9.17, 15) is 4.79 Å². The molecule has 0 aliphatic carbocycles. The topological polar surface area (TPSA) is 64.2 Å². The maximum absolute atomic E-state index is 13.5. The van der Waals surface area contributed by atoms with Crippen molar-refractivity contribution >= 4 is 5.91 Å². The molecule has 4 rings (SSSR count). The van der Waals surface area contributed by atoms with Gasteiger partial charge in [0.2, 0.25) is 0 Å². The van der Waals surface area contributed by atoms with Gasteiger partial charge in [-0.3, -0.25) is 4.79 Å². The fraction of sp³-hybridized carbons (Fsp3) is 0.333. The summed E-state index contributed by atoms with van der Waals surface area (Å²) in [5.74, 6) is 0.0159. The molecule has 1 unspecified atom stereocenters. The van der Waals surface area contributed by atoms with Crippen LogP contribution in [0.4, 0.5) is 0 Å². The monoisotopic (exact) mass is 388 g/mol. The molecular formula is C24H28N4O. The van der Waals surface area contributed by atoms with E-state index >= 15 is 0 Å². The van der Waals surface area contributed by atoms with Gasteiger partial charge in [0.25, 0.3) is 5.91 Å². The molecule has 0 radical (unpaired) electrons. The molecule has 1 aromatic heterocycles. The van der Waals surface area contributed by atoms with Crippen molar-refractivity contribution < 1.29 is 4.79 Å². The minimum atomic E-state index is -0.103. The predicted molar refractivity (Wildman–Crippen MR) is 116 cm³/mol. The Bertz CT molecular complexity index is 1010. The van der Waals surface area contributed by atoms with Crippen LogP contribution in [-0.2, 0) is 0 Å². The van der Waals surface area contributed by atoms with E-state index in [1.807, 2.05) is 53.6 Å². The average Bonchev–Trinajstić information content (AvgIpc) is 3.16. The molecule has 1 saturated heterocycles. The lowest BCUT2D eigenvalue weighted by atomic mass is 9.79. The molecule has 1 amide bonds. The molecule has 2 N–H and O–H groups in total. The number of aryl methyl sites for hydroxylation is 1. The van der Waals surface area contributed by atoms with E-state index in [1.165, 1.54) is 5.56 Å². The fourth-order valence-electron chi connectivity index (χ4n) is 3.89. The van der Waals surface area contributed by atoms with Gasteiger partial charge in [-0.25, -0.2) is 4.68 Å². The SMILES string of the molecule is Cc1ccc(-n2cc(C(=O)N3CCC(N)C(C)(C)C3)c(-c3ccccc3)n2)cc1. The van der Waals surface area contributed by atoms with Crippen LogP contribution in [0.5, 0.6) is 0 Å². The number of nitrogens with two attached hydrogens (primary N) is 1. The largest absolute Gasteiger partial charge is 0.338 e. The molecule has 29 heavy (non-hydrogen) atoms. The molecular weight excluding hydrogens is 360 g/mol. The number of hydrogen-bond acceptors (Lipinski definition) is 3. The van der Waals surface area contributed by atoms with Gasteiger partial charge in [-0.05, 0) is 30.9 Å². The van der Waals surface area contributed by atoms with E-state index in [0.717, 1.165) is 17.7 Å². The number of rotatable bonds is 3. The Balaban J connectivity index is 1.75. The minimum absolute atomic E-state index is 0.0159. The Morgan fingerprint density at radius 2 is 1.79 bits per heavy atom. The Morgan fingerprint density at radius 3 is 2.45 bits per heavy atom. The summed E-state index contributed by atoms with van der Waals surface area (Å²) in [5.41, 5.74) is 10.6. The summed E-state index contributed by atoms with van der Waals surface area (Å²) in [6.45, 7) is 7.64. The molecule has 0 spiro atoms. The zero-order valence-corrected chi connectivity index (χ0v) is 17.3. The van der Waals surface area contributed by atoms with Crippen molar-refractivity contribution in [3.05, 3.63) is 71.9 Å². The molecule has 1 aliphatic rings. The second-order valence-corrected chi connectivity index (χ2v) is 8.65. The molecule has 1 atom stereocenters. The molecule has 2 heterocycles. The van der Waals surface area contributed by atoms with Gasteiger partial charge >= 0.3 is 0 Å². The number of piperidine rings is 1. The third-order valence-corrected chi connectivity index (χ3v) is 5.89. The summed E-state index contributed by atoms with van der Waals surface area (Å²) >= 11 is 0. The lowest BCUT2D eigenvalue weighted by Crippen LogP contribution is -2.54. The number of aromatic nitrogens is 2. The first-order valence-electron chi connectivity index (χ1n) is 10.1. The third-order valence-electron chi connectivity index (χ3n) is 5.89. The summed E-state index contributed by atoms with van der Waals surface area (Å²) in [4.78, 5) is 15.4. The molecule has 1 fully saturated rings. The number of amides is 1. The van der Waals surface area contributed by atoms with E-state index in [2.05, 4.69) is 32.9 Å². The highest BCUT2D eigenvalue weighted by Crippen LogP contribution is 2.31. The fourth-order valence-corrected chi connectivity index (χ4v) is 3.89. The van der Waals surface area contributed by atoms with Crippen LogP contribution < -0.4 is 5.73 Å². The molecule has 5 nitrogen and oxygen atoms in total. The Kier molecular flexibility index (Phi) is 5.01. The van der Waals surface area contributed by atoms with Gasteiger partial charge in [0.05, 0.1) is 11.3 Å². The van der Waals surface area contributed by atoms with Crippen molar-refractivity contribution in [2.45, 2.75) is 33.2 Å². The Morgan fingerprint density at radius 1 is 1.10 bits per heavy atom. The number of benzene rings is 2. The number of nitrogens with zero attached hydrogens (tertiary/aromatic N) is 3. The van der Waals surface area contributed by atoms with E-state index in [1.54, 1.807) is 4.68 Å². The van der Waals surface area contributed by atoms with Crippen LogP contribution in [0.3, 0.4) is 0 Å². The highest BCUT2D eigenvalue weighted by Gasteiger charge is 2.36. The second kappa shape index (κ2) is 7.48. The number of hydrogen-bond donors (Lipinski definition) is 1. The summed E-state index contributed by atoms with van der Waals surface area (Å²) in [7, 11) is 0. The molecule has 0 saturated carbocycles. The highest BCUT2D eigenvalue weighted by molar-refractivity contribution is 6.00. The molecule has 5 heteroatoms. The van der Waals surface area contributed by atoms with Crippen LogP contribution in [0.1, 0.15) is 36.2 Å². The molecule has 2 aromatic carbocycles.